The third-order valence-electron chi connectivity index (χ3n) is 10.5. The second kappa shape index (κ2) is 24.2. The molecule has 0 amide bonds. The minimum absolute atomic E-state index is 1.23. The molecule has 4 rings (SSSR count). The standard InChI is InChI=1S/C43H63S4.3CH3.Sn/c1-4-6-8-10-12-14-16-18-20-22-24-26-36-32-33-44-42(36)40-30-28-38(46-40)39-29-31-41(47-39)43-37(34-35(3)45-43)27-25-23-21-19-17-15-13-11-9-7-5-2;;;;/h28-32,34H,4-27H2,1-3H3;3*1H3;. The van der Waals surface area contributed by atoms with E-state index in [0.29, 0.717) is 0 Å². The van der Waals surface area contributed by atoms with Gasteiger partial charge in [-0.3, -0.25) is 0 Å². The van der Waals surface area contributed by atoms with E-state index in [0.717, 1.165) is 0 Å². The Labute approximate surface area is 335 Å². The fourth-order valence-corrected chi connectivity index (χ4v) is 17.3. The van der Waals surface area contributed by atoms with Crippen molar-refractivity contribution in [2.45, 2.75) is 190 Å². The molecule has 0 fully saturated rings. The predicted molar refractivity (Wildman–Crippen MR) is 242 cm³/mol. The van der Waals surface area contributed by atoms with E-state index in [9.17, 15) is 0 Å². The van der Waals surface area contributed by atoms with Gasteiger partial charge in [-0.15, -0.1) is 0 Å². The molecule has 0 radical (unpaired) electrons. The minimum atomic E-state index is -2.15. The first kappa shape index (κ1) is 43.3. The summed E-state index contributed by atoms with van der Waals surface area (Å²) in [5.41, 5.74) is 3.22. The summed E-state index contributed by atoms with van der Waals surface area (Å²) >= 11 is 6.05. The third-order valence-corrected chi connectivity index (χ3v) is 24.9. The van der Waals surface area contributed by atoms with E-state index in [1.807, 2.05) is 34.0 Å². The molecule has 0 atom stereocenters. The van der Waals surface area contributed by atoms with E-state index in [2.05, 4.69) is 83.3 Å². The van der Waals surface area contributed by atoms with Gasteiger partial charge in [-0.1, -0.05) is 97.3 Å². The Bertz CT molecular complexity index is 1490. The van der Waals surface area contributed by atoms with Crippen molar-refractivity contribution in [3.8, 4) is 29.3 Å². The molecule has 4 aromatic heterocycles. The van der Waals surface area contributed by atoms with E-state index in [4.69, 9.17) is 0 Å². The summed E-state index contributed by atoms with van der Waals surface area (Å²) in [7, 11) is 0. The molecule has 0 aromatic carbocycles. The Morgan fingerprint density at radius 3 is 1.18 bits per heavy atom. The van der Waals surface area contributed by atoms with Crippen LogP contribution in [0.1, 0.15) is 171 Å². The number of thiophene rings is 4. The molecule has 0 aliphatic rings. The molecule has 0 aliphatic heterocycles. The number of rotatable bonds is 28. The maximum absolute atomic E-state index is 2.64. The normalized spacial score (nSPS) is 12.0. The van der Waals surface area contributed by atoms with Gasteiger partial charge in [-0.05, 0) is 13.3 Å². The van der Waals surface area contributed by atoms with Crippen molar-refractivity contribution < 1.29 is 0 Å². The van der Waals surface area contributed by atoms with E-state index in [1.54, 1.807) is 18.9 Å². The first-order valence-electron chi connectivity index (χ1n) is 21.2. The summed E-state index contributed by atoms with van der Waals surface area (Å²) < 4.78 is 1.74. The van der Waals surface area contributed by atoms with Gasteiger partial charge in [0.1, 0.15) is 0 Å². The van der Waals surface area contributed by atoms with Crippen LogP contribution in [0.4, 0.5) is 0 Å². The average molecular weight is 872 g/mol. The van der Waals surface area contributed by atoms with E-state index < -0.39 is 18.4 Å². The SMILES string of the molecule is CCCCCCCCCCCCCc1cc(C)sc1-c1ccc(-c2ccc(-c3s[c]([Sn]([CH3])([CH3])[CH3])cc3CCCCCCCCCCCCC)s2)s1. The molecular weight excluding hydrogens is 799 g/mol. The fourth-order valence-electron chi connectivity index (χ4n) is 7.30. The number of hydrogen-bond donors (Lipinski definition) is 0. The van der Waals surface area contributed by atoms with Crippen LogP contribution >= 0.6 is 45.3 Å². The molecule has 0 saturated heterocycles. The summed E-state index contributed by atoms with van der Waals surface area (Å²) in [6.07, 6.45) is 33.6. The van der Waals surface area contributed by atoms with Crippen LogP contribution in [0, 0.1) is 6.92 Å². The third kappa shape index (κ3) is 15.3. The Morgan fingerprint density at radius 1 is 0.412 bits per heavy atom. The molecule has 284 valence electrons. The topological polar surface area (TPSA) is 0 Å². The first-order chi connectivity index (χ1) is 24.8. The van der Waals surface area contributed by atoms with Crippen LogP contribution in [-0.4, -0.2) is 18.4 Å². The average Bonchev–Trinajstić information content (AvgIpc) is 3.92. The van der Waals surface area contributed by atoms with Gasteiger partial charge in [0.05, 0.1) is 0 Å². The Kier molecular flexibility index (Phi) is 20.5. The number of aryl methyl sites for hydroxylation is 3. The van der Waals surface area contributed by atoms with Crippen molar-refractivity contribution in [3.63, 3.8) is 0 Å². The van der Waals surface area contributed by atoms with Crippen molar-refractivity contribution in [1.29, 1.82) is 0 Å². The van der Waals surface area contributed by atoms with Crippen LogP contribution in [0.25, 0.3) is 29.3 Å². The monoisotopic (exact) mass is 872 g/mol. The summed E-state index contributed by atoms with van der Waals surface area (Å²) in [6.45, 7) is 6.91. The van der Waals surface area contributed by atoms with Crippen LogP contribution in [0.15, 0.2) is 36.4 Å². The summed E-state index contributed by atoms with van der Waals surface area (Å²) in [5.74, 6) is 0. The van der Waals surface area contributed by atoms with Crippen LogP contribution in [0.5, 0.6) is 0 Å². The molecule has 0 bridgehead atoms. The van der Waals surface area contributed by atoms with Crippen LogP contribution in [-0.2, 0) is 12.8 Å². The molecule has 51 heavy (non-hydrogen) atoms. The maximum atomic E-state index is 2.64. The van der Waals surface area contributed by atoms with Gasteiger partial charge in [-0.25, -0.2) is 0 Å². The second-order valence-corrected chi connectivity index (χ2v) is 36.2. The van der Waals surface area contributed by atoms with Gasteiger partial charge < -0.3 is 0 Å². The molecule has 0 unspecified atom stereocenters. The number of unbranched alkanes of at least 4 members (excludes halogenated alkanes) is 20. The first-order valence-corrected chi connectivity index (χ1v) is 34.5. The molecule has 0 spiro atoms. The van der Waals surface area contributed by atoms with Crippen LogP contribution in [0.3, 0.4) is 0 Å². The van der Waals surface area contributed by atoms with Gasteiger partial charge >= 0.3 is 227 Å². The van der Waals surface area contributed by atoms with Crippen molar-refractivity contribution in [1.82, 2.24) is 0 Å². The quantitative estimate of drug-likeness (QED) is 0.0394. The summed E-state index contributed by atoms with van der Waals surface area (Å²) in [5, 5.41) is 0. The zero-order valence-corrected chi connectivity index (χ0v) is 39.7. The van der Waals surface area contributed by atoms with Crippen molar-refractivity contribution in [2.75, 3.05) is 0 Å². The number of hydrogen-bond acceptors (Lipinski definition) is 4. The molecule has 5 heteroatoms. The second-order valence-electron chi connectivity index (χ2n) is 16.3. The molecule has 0 nitrogen and oxygen atoms in total. The van der Waals surface area contributed by atoms with Crippen LogP contribution < -0.4 is 2.89 Å². The molecule has 0 saturated carbocycles. The zero-order valence-electron chi connectivity index (χ0n) is 33.6. The molecular formula is C46H72S4Sn. The van der Waals surface area contributed by atoms with Gasteiger partial charge in [0.15, 0.2) is 0 Å². The van der Waals surface area contributed by atoms with Crippen molar-refractivity contribution >= 4 is 66.6 Å². The van der Waals surface area contributed by atoms with E-state index in [1.165, 1.54) is 183 Å². The molecule has 4 heterocycles. The van der Waals surface area contributed by atoms with Crippen molar-refractivity contribution in [2.24, 2.45) is 0 Å². The zero-order chi connectivity index (χ0) is 36.3. The molecule has 4 aromatic rings. The summed E-state index contributed by atoms with van der Waals surface area (Å²) in [6, 6.07) is 14.8. The van der Waals surface area contributed by atoms with Gasteiger partial charge in [0.25, 0.3) is 0 Å². The Balaban J connectivity index is 1.29. The van der Waals surface area contributed by atoms with Crippen molar-refractivity contribution in [3.05, 3.63) is 52.4 Å². The predicted octanol–water partition coefficient (Wildman–Crippen LogP) is 17.5. The van der Waals surface area contributed by atoms with E-state index >= 15 is 0 Å². The van der Waals surface area contributed by atoms with E-state index in [-0.39, 0.29) is 0 Å². The molecule has 0 N–H and O–H groups in total. The van der Waals surface area contributed by atoms with Gasteiger partial charge in [0, 0.05) is 0 Å². The molecule has 0 aliphatic carbocycles. The van der Waals surface area contributed by atoms with Crippen LogP contribution in [0.2, 0.25) is 14.8 Å². The Hall–Kier alpha value is -0.401. The van der Waals surface area contributed by atoms with Gasteiger partial charge in [-0.2, -0.15) is 0 Å². The summed E-state index contributed by atoms with van der Waals surface area (Å²) in [4.78, 5) is 18.2. The van der Waals surface area contributed by atoms with Gasteiger partial charge in [0.2, 0.25) is 0 Å². The fraction of sp³-hybridized carbons (Fsp3) is 0.652. The Morgan fingerprint density at radius 2 is 0.765 bits per heavy atom.